The Morgan fingerprint density at radius 2 is 2.24 bits per heavy atom. The molecule has 0 saturated carbocycles. The van der Waals surface area contributed by atoms with Gasteiger partial charge in [0.15, 0.2) is 0 Å². The van der Waals surface area contributed by atoms with E-state index in [1.807, 2.05) is 0 Å². The molecule has 0 amide bonds. The van der Waals surface area contributed by atoms with Gasteiger partial charge in [0.2, 0.25) is 0 Å². The van der Waals surface area contributed by atoms with Crippen LogP contribution in [0.3, 0.4) is 0 Å². The summed E-state index contributed by atoms with van der Waals surface area (Å²) in [6.45, 7) is 7.18. The Labute approximate surface area is 103 Å². The molecule has 0 saturated heterocycles. The highest BCUT2D eigenvalue weighted by molar-refractivity contribution is 5.48. The van der Waals surface area contributed by atoms with E-state index in [4.69, 9.17) is 9.47 Å². The highest BCUT2D eigenvalue weighted by Gasteiger charge is 2.21. The minimum atomic E-state index is 0.281. The lowest BCUT2D eigenvalue weighted by atomic mass is 10.1. The monoisotopic (exact) mass is 235 g/mol. The summed E-state index contributed by atoms with van der Waals surface area (Å²) in [6, 6.07) is 4.68. The largest absolute Gasteiger partial charge is 0.496 e. The summed E-state index contributed by atoms with van der Waals surface area (Å²) in [4.78, 5) is 0. The molecule has 1 atom stereocenters. The van der Waals surface area contributed by atoms with Gasteiger partial charge in [-0.2, -0.15) is 0 Å². The number of nitrogens with one attached hydrogen (secondary N) is 1. The van der Waals surface area contributed by atoms with Crippen molar-refractivity contribution in [2.75, 3.05) is 7.11 Å². The van der Waals surface area contributed by atoms with Crippen LogP contribution in [0.4, 0.5) is 0 Å². The smallest absolute Gasteiger partial charge is 0.123 e. The van der Waals surface area contributed by atoms with E-state index in [2.05, 4.69) is 38.2 Å². The van der Waals surface area contributed by atoms with Crippen LogP contribution in [0.5, 0.6) is 11.5 Å². The number of rotatable bonds is 4. The fraction of sp³-hybridized carbons (Fsp3) is 0.571. The standard InChI is InChI=1S/C14H21NO2/c1-9(2)15-8-12-7-14-11(5-10(3)17-14)6-13(12)16-4/h6-7,9-10,15H,5,8H2,1-4H3. The third-order valence-corrected chi connectivity index (χ3v) is 3.00. The van der Waals surface area contributed by atoms with Crippen molar-refractivity contribution < 1.29 is 9.47 Å². The molecule has 0 fully saturated rings. The van der Waals surface area contributed by atoms with Crippen LogP contribution in [0.1, 0.15) is 31.9 Å². The predicted molar refractivity (Wildman–Crippen MR) is 68.8 cm³/mol. The summed E-state index contributed by atoms with van der Waals surface area (Å²) >= 11 is 0. The van der Waals surface area contributed by atoms with E-state index < -0.39 is 0 Å². The van der Waals surface area contributed by atoms with Crippen LogP contribution < -0.4 is 14.8 Å². The number of benzene rings is 1. The summed E-state index contributed by atoms with van der Waals surface area (Å²) in [7, 11) is 1.72. The Hall–Kier alpha value is -1.22. The molecule has 1 aliphatic rings. The summed E-state index contributed by atoms with van der Waals surface area (Å²) in [6.07, 6.45) is 1.26. The molecular weight excluding hydrogens is 214 g/mol. The van der Waals surface area contributed by atoms with Crippen molar-refractivity contribution in [2.45, 2.75) is 45.9 Å². The van der Waals surface area contributed by atoms with E-state index in [0.29, 0.717) is 6.04 Å². The average Bonchev–Trinajstić information content (AvgIpc) is 2.63. The summed E-state index contributed by atoms with van der Waals surface area (Å²) < 4.78 is 11.2. The molecular formula is C14H21NO2. The molecule has 1 heterocycles. The van der Waals surface area contributed by atoms with Crippen molar-refractivity contribution in [1.29, 1.82) is 0 Å². The third-order valence-electron chi connectivity index (χ3n) is 3.00. The number of fused-ring (bicyclic) bond motifs is 1. The fourth-order valence-electron chi connectivity index (χ4n) is 2.12. The Bertz CT molecular complexity index is 401. The van der Waals surface area contributed by atoms with E-state index in [-0.39, 0.29) is 6.10 Å². The van der Waals surface area contributed by atoms with Gasteiger partial charge in [0.25, 0.3) is 0 Å². The Kier molecular flexibility index (Phi) is 3.57. The molecule has 1 aromatic rings. The van der Waals surface area contributed by atoms with E-state index in [9.17, 15) is 0 Å². The van der Waals surface area contributed by atoms with Crippen LogP contribution >= 0.6 is 0 Å². The maximum Gasteiger partial charge on any atom is 0.123 e. The molecule has 1 unspecified atom stereocenters. The van der Waals surface area contributed by atoms with Gasteiger partial charge in [0, 0.05) is 30.1 Å². The predicted octanol–water partition coefficient (Wildman–Crippen LogP) is 2.52. The summed E-state index contributed by atoms with van der Waals surface area (Å²) in [5, 5.41) is 3.40. The number of ether oxygens (including phenoxy) is 2. The van der Waals surface area contributed by atoms with Gasteiger partial charge in [0.05, 0.1) is 7.11 Å². The molecule has 3 nitrogen and oxygen atoms in total. The molecule has 1 N–H and O–H groups in total. The van der Waals surface area contributed by atoms with Gasteiger partial charge >= 0.3 is 0 Å². The molecule has 0 aromatic heterocycles. The SMILES string of the molecule is COc1cc2c(cc1CNC(C)C)OC(C)C2. The van der Waals surface area contributed by atoms with Crippen LogP contribution in [-0.4, -0.2) is 19.3 Å². The molecule has 1 aromatic carbocycles. The van der Waals surface area contributed by atoms with E-state index in [1.54, 1.807) is 7.11 Å². The molecule has 3 heteroatoms. The number of hydrogen-bond donors (Lipinski definition) is 1. The Morgan fingerprint density at radius 1 is 1.47 bits per heavy atom. The zero-order valence-corrected chi connectivity index (χ0v) is 11.0. The first-order valence-corrected chi connectivity index (χ1v) is 6.20. The van der Waals surface area contributed by atoms with Gasteiger partial charge in [-0.05, 0) is 19.1 Å². The van der Waals surface area contributed by atoms with Crippen LogP contribution in [-0.2, 0) is 13.0 Å². The molecule has 0 aliphatic carbocycles. The second-order valence-electron chi connectivity index (χ2n) is 4.94. The maximum absolute atomic E-state index is 5.77. The van der Waals surface area contributed by atoms with Crippen LogP contribution in [0.2, 0.25) is 0 Å². The zero-order chi connectivity index (χ0) is 12.4. The van der Waals surface area contributed by atoms with Crippen LogP contribution in [0.25, 0.3) is 0 Å². The van der Waals surface area contributed by atoms with E-state index >= 15 is 0 Å². The maximum atomic E-state index is 5.77. The second kappa shape index (κ2) is 4.96. The molecule has 17 heavy (non-hydrogen) atoms. The first-order chi connectivity index (χ1) is 8.10. The van der Waals surface area contributed by atoms with Crippen molar-refractivity contribution in [3.05, 3.63) is 23.3 Å². The second-order valence-corrected chi connectivity index (χ2v) is 4.94. The molecule has 0 spiro atoms. The molecule has 1 aliphatic heterocycles. The fourth-order valence-corrected chi connectivity index (χ4v) is 2.12. The van der Waals surface area contributed by atoms with Gasteiger partial charge in [-0.15, -0.1) is 0 Å². The molecule has 2 rings (SSSR count). The number of methoxy groups -OCH3 is 1. The molecule has 0 radical (unpaired) electrons. The van der Waals surface area contributed by atoms with Crippen LogP contribution in [0, 0.1) is 0 Å². The Morgan fingerprint density at radius 3 is 2.88 bits per heavy atom. The van der Waals surface area contributed by atoms with Crippen molar-refractivity contribution in [2.24, 2.45) is 0 Å². The van der Waals surface area contributed by atoms with Gasteiger partial charge in [0.1, 0.15) is 17.6 Å². The van der Waals surface area contributed by atoms with E-state index in [1.165, 1.54) is 5.56 Å². The topological polar surface area (TPSA) is 30.5 Å². The molecule has 0 bridgehead atoms. The summed E-state index contributed by atoms with van der Waals surface area (Å²) in [5.74, 6) is 1.97. The quantitative estimate of drug-likeness (QED) is 0.870. The normalized spacial score (nSPS) is 18.1. The first kappa shape index (κ1) is 12.2. The zero-order valence-electron chi connectivity index (χ0n) is 11.0. The van der Waals surface area contributed by atoms with Gasteiger partial charge in [-0.1, -0.05) is 13.8 Å². The lowest BCUT2D eigenvalue weighted by molar-refractivity contribution is 0.254. The van der Waals surface area contributed by atoms with Crippen molar-refractivity contribution in [3.63, 3.8) is 0 Å². The highest BCUT2D eigenvalue weighted by atomic mass is 16.5. The lowest BCUT2D eigenvalue weighted by Crippen LogP contribution is -2.22. The van der Waals surface area contributed by atoms with Crippen molar-refractivity contribution >= 4 is 0 Å². The highest BCUT2D eigenvalue weighted by Crippen LogP contribution is 2.34. The van der Waals surface area contributed by atoms with E-state index in [0.717, 1.165) is 30.0 Å². The van der Waals surface area contributed by atoms with Crippen LogP contribution in [0.15, 0.2) is 12.1 Å². The van der Waals surface area contributed by atoms with Crippen molar-refractivity contribution in [3.8, 4) is 11.5 Å². The third kappa shape index (κ3) is 2.72. The minimum absolute atomic E-state index is 0.281. The van der Waals surface area contributed by atoms with Gasteiger partial charge in [-0.25, -0.2) is 0 Å². The molecule has 94 valence electrons. The summed E-state index contributed by atoms with van der Waals surface area (Å²) in [5.41, 5.74) is 2.41. The first-order valence-electron chi connectivity index (χ1n) is 6.20. The minimum Gasteiger partial charge on any atom is -0.496 e. The van der Waals surface area contributed by atoms with Crippen molar-refractivity contribution in [1.82, 2.24) is 5.32 Å². The Balaban J connectivity index is 2.23. The van der Waals surface area contributed by atoms with Gasteiger partial charge in [-0.3, -0.25) is 0 Å². The van der Waals surface area contributed by atoms with Gasteiger partial charge < -0.3 is 14.8 Å². The average molecular weight is 235 g/mol. The number of hydrogen-bond acceptors (Lipinski definition) is 3. The lowest BCUT2D eigenvalue weighted by Gasteiger charge is -2.13.